The molecule has 3 rings (SSSR count). The van der Waals surface area contributed by atoms with Crippen LogP contribution < -0.4 is 4.74 Å². The summed E-state index contributed by atoms with van der Waals surface area (Å²) in [6, 6.07) is 6.97. The molecule has 1 aliphatic heterocycles. The topological polar surface area (TPSA) is 76.1 Å². The first-order valence-corrected chi connectivity index (χ1v) is 8.31. The number of amides is 1. The highest BCUT2D eigenvalue weighted by molar-refractivity contribution is 5.95. The number of fused-ring (bicyclic) bond motifs is 1. The van der Waals surface area contributed by atoms with Gasteiger partial charge in [-0.3, -0.25) is 9.59 Å². The molecule has 24 heavy (non-hydrogen) atoms. The van der Waals surface area contributed by atoms with Crippen molar-refractivity contribution in [1.29, 1.82) is 0 Å². The first kappa shape index (κ1) is 16.8. The summed E-state index contributed by atoms with van der Waals surface area (Å²) in [6.07, 6.45) is 2.50. The fourth-order valence-corrected chi connectivity index (χ4v) is 3.91. The molecule has 1 heterocycles. The highest BCUT2D eigenvalue weighted by Gasteiger charge is 2.55. The molecule has 1 saturated heterocycles. The van der Waals surface area contributed by atoms with Crippen molar-refractivity contribution in [2.24, 2.45) is 11.3 Å². The molecule has 6 nitrogen and oxygen atoms in total. The van der Waals surface area contributed by atoms with Gasteiger partial charge in [-0.1, -0.05) is 6.42 Å². The molecule has 2 aliphatic rings. The minimum atomic E-state index is -0.762. The van der Waals surface area contributed by atoms with Crippen molar-refractivity contribution in [3.05, 3.63) is 29.8 Å². The summed E-state index contributed by atoms with van der Waals surface area (Å²) in [5.41, 5.74) is -0.173. The smallest absolute Gasteiger partial charge is 0.311 e. The Morgan fingerprint density at radius 3 is 2.67 bits per heavy atom. The summed E-state index contributed by atoms with van der Waals surface area (Å²) in [6.45, 7) is 1.82. The van der Waals surface area contributed by atoms with E-state index in [4.69, 9.17) is 9.47 Å². The maximum atomic E-state index is 12.7. The lowest BCUT2D eigenvalue weighted by molar-refractivity contribution is -0.149. The first-order valence-electron chi connectivity index (χ1n) is 8.31. The molecule has 0 radical (unpaired) electrons. The maximum Gasteiger partial charge on any atom is 0.311 e. The molecule has 1 amide bonds. The number of carboxylic acid groups (broad SMARTS) is 1. The monoisotopic (exact) mass is 333 g/mol. The number of methoxy groups -OCH3 is 1. The van der Waals surface area contributed by atoms with E-state index in [1.165, 1.54) is 0 Å². The van der Waals surface area contributed by atoms with Gasteiger partial charge in [-0.15, -0.1) is 0 Å². The third kappa shape index (κ3) is 2.98. The molecular weight excluding hydrogens is 310 g/mol. The van der Waals surface area contributed by atoms with Crippen LogP contribution >= 0.6 is 0 Å². The Hall–Kier alpha value is -2.08. The number of nitrogens with zero attached hydrogens (tertiary/aromatic N) is 1. The lowest BCUT2D eigenvalue weighted by Gasteiger charge is -2.23. The Kier molecular flexibility index (Phi) is 4.76. The zero-order chi connectivity index (χ0) is 17.2. The van der Waals surface area contributed by atoms with Crippen LogP contribution in [0.15, 0.2) is 24.3 Å². The lowest BCUT2D eigenvalue weighted by Crippen LogP contribution is -2.37. The van der Waals surface area contributed by atoms with Crippen LogP contribution in [0, 0.1) is 11.3 Å². The van der Waals surface area contributed by atoms with Crippen LogP contribution in [0.5, 0.6) is 5.75 Å². The van der Waals surface area contributed by atoms with E-state index in [0.717, 1.165) is 12.8 Å². The number of likely N-dealkylation sites (tertiary alicyclic amines) is 1. The fourth-order valence-electron chi connectivity index (χ4n) is 3.91. The van der Waals surface area contributed by atoms with E-state index in [1.807, 2.05) is 0 Å². The summed E-state index contributed by atoms with van der Waals surface area (Å²) in [4.78, 5) is 26.1. The highest BCUT2D eigenvalue weighted by atomic mass is 16.5. The van der Waals surface area contributed by atoms with E-state index in [9.17, 15) is 14.7 Å². The average molecular weight is 333 g/mol. The SMILES string of the molecule is COCCOc1ccc(C(=O)N2C[C@@H]3CCC[C@@]3(C(=O)O)C2)cc1. The summed E-state index contributed by atoms with van der Waals surface area (Å²) < 4.78 is 10.4. The van der Waals surface area contributed by atoms with Crippen LogP contribution in [-0.4, -0.2) is 55.3 Å². The van der Waals surface area contributed by atoms with Gasteiger partial charge in [0.1, 0.15) is 12.4 Å². The summed E-state index contributed by atoms with van der Waals surface area (Å²) in [5.74, 6) is -0.102. The molecule has 1 aromatic rings. The molecular formula is C18H23NO5. The maximum absolute atomic E-state index is 12.7. The summed E-state index contributed by atoms with van der Waals surface area (Å²) in [7, 11) is 1.61. The highest BCUT2D eigenvalue weighted by Crippen LogP contribution is 2.49. The molecule has 1 N–H and O–H groups in total. The van der Waals surface area contributed by atoms with Crippen molar-refractivity contribution >= 4 is 11.9 Å². The van der Waals surface area contributed by atoms with Gasteiger partial charge in [0.25, 0.3) is 5.91 Å². The quantitative estimate of drug-likeness (QED) is 0.806. The first-order chi connectivity index (χ1) is 11.6. The van der Waals surface area contributed by atoms with Crippen LogP contribution in [0.3, 0.4) is 0 Å². The van der Waals surface area contributed by atoms with Crippen molar-refractivity contribution in [3.8, 4) is 5.75 Å². The molecule has 130 valence electrons. The van der Waals surface area contributed by atoms with Gasteiger partial charge in [0.15, 0.2) is 0 Å². The number of carbonyl (C=O) groups is 2. The Bertz CT molecular complexity index is 614. The molecule has 1 aliphatic carbocycles. The third-order valence-electron chi connectivity index (χ3n) is 5.24. The number of rotatable bonds is 6. The zero-order valence-corrected chi connectivity index (χ0v) is 13.9. The summed E-state index contributed by atoms with van der Waals surface area (Å²) in [5, 5.41) is 9.62. The number of ether oxygens (including phenoxy) is 2. The average Bonchev–Trinajstić information content (AvgIpc) is 3.13. The minimum Gasteiger partial charge on any atom is -0.491 e. The van der Waals surface area contributed by atoms with Crippen molar-refractivity contribution in [3.63, 3.8) is 0 Å². The fraction of sp³-hybridized carbons (Fsp3) is 0.556. The van der Waals surface area contributed by atoms with Crippen molar-refractivity contribution in [2.75, 3.05) is 33.4 Å². The van der Waals surface area contributed by atoms with Crippen molar-refractivity contribution in [1.82, 2.24) is 4.90 Å². The van der Waals surface area contributed by atoms with E-state index in [2.05, 4.69) is 0 Å². The second kappa shape index (κ2) is 6.81. The molecule has 2 fully saturated rings. The van der Waals surface area contributed by atoms with Crippen LogP contribution in [0.4, 0.5) is 0 Å². The number of hydrogen-bond donors (Lipinski definition) is 1. The van der Waals surface area contributed by atoms with Crippen LogP contribution in [0.2, 0.25) is 0 Å². The normalized spacial score (nSPS) is 25.5. The number of hydrogen-bond acceptors (Lipinski definition) is 4. The minimum absolute atomic E-state index is 0.0793. The van der Waals surface area contributed by atoms with Gasteiger partial charge in [-0.25, -0.2) is 0 Å². The second-order valence-corrected chi connectivity index (χ2v) is 6.60. The van der Waals surface area contributed by atoms with Gasteiger partial charge >= 0.3 is 5.97 Å². The Morgan fingerprint density at radius 2 is 2.04 bits per heavy atom. The van der Waals surface area contributed by atoms with Gasteiger partial charge in [-0.05, 0) is 43.0 Å². The molecule has 0 bridgehead atoms. The molecule has 0 spiro atoms. The van der Waals surface area contributed by atoms with E-state index in [1.54, 1.807) is 36.3 Å². The summed E-state index contributed by atoms with van der Waals surface area (Å²) >= 11 is 0. The van der Waals surface area contributed by atoms with Gasteiger partial charge in [-0.2, -0.15) is 0 Å². The van der Waals surface area contributed by atoms with Crippen molar-refractivity contribution < 1.29 is 24.2 Å². The third-order valence-corrected chi connectivity index (χ3v) is 5.24. The standard InChI is InChI=1S/C18H23NO5/c1-23-9-10-24-15-6-4-13(5-7-15)16(20)19-11-14-3-2-8-18(14,12-19)17(21)22/h4-7,14H,2-3,8-12H2,1H3,(H,21,22)/t14-,18+/m0/s1. The number of carboxylic acids is 1. The molecule has 0 unspecified atom stereocenters. The Balaban J connectivity index is 1.66. The van der Waals surface area contributed by atoms with Crippen LogP contribution in [0.25, 0.3) is 0 Å². The number of carbonyl (C=O) groups excluding carboxylic acids is 1. The number of benzene rings is 1. The van der Waals surface area contributed by atoms with E-state index in [0.29, 0.717) is 44.0 Å². The molecule has 2 atom stereocenters. The van der Waals surface area contributed by atoms with Gasteiger partial charge in [0, 0.05) is 25.8 Å². The van der Waals surface area contributed by atoms with Gasteiger partial charge in [0.2, 0.25) is 0 Å². The lowest BCUT2D eigenvalue weighted by atomic mass is 9.81. The molecule has 6 heteroatoms. The molecule has 0 aromatic heterocycles. The second-order valence-electron chi connectivity index (χ2n) is 6.60. The predicted molar refractivity (Wildman–Crippen MR) is 87.1 cm³/mol. The molecule has 1 aromatic carbocycles. The predicted octanol–water partition coefficient (Wildman–Crippen LogP) is 2.04. The van der Waals surface area contributed by atoms with E-state index in [-0.39, 0.29) is 11.8 Å². The van der Waals surface area contributed by atoms with Crippen molar-refractivity contribution in [2.45, 2.75) is 19.3 Å². The van der Waals surface area contributed by atoms with E-state index >= 15 is 0 Å². The largest absolute Gasteiger partial charge is 0.491 e. The van der Waals surface area contributed by atoms with Gasteiger partial charge < -0.3 is 19.5 Å². The Labute approximate surface area is 141 Å². The zero-order valence-electron chi connectivity index (χ0n) is 13.9. The van der Waals surface area contributed by atoms with Crippen LogP contribution in [-0.2, 0) is 9.53 Å². The van der Waals surface area contributed by atoms with Gasteiger partial charge in [0.05, 0.1) is 12.0 Å². The van der Waals surface area contributed by atoms with E-state index < -0.39 is 11.4 Å². The Morgan fingerprint density at radius 1 is 1.29 bits per heavy atom. The van der Waals surface area contributed by atoms with Crippen LogP contribution in [0.1, 0.15) is 29.6 Å². The number of aliphatic carboxylic acids is 1. The molecule has 1 saturated carbocycles.